The lowest BCUT2D eigenvalue weighted by atomic mass is 10.2. The molecule has 0 atom stereocenters. The number of aliphatic hydroxyl groups is 1. The van der Waals surface area contributed by atoms with Gasteiger partial charge in [-0.3, -0.25) is 4.79 Å². The van der Waals surface area contributed by atoms with Gasteiger partial charge >= 0.3 is 6.18 Å². The lowest BCUT2D eigenvalue weighted by Gasteiger charge is -2.23. The molecule has 1 aromatic rings. The molecule has 1 aromatic carbocycles. The highest BCUT2D eigenvalue weighted by atomic mass is 35.5. The van der Waals surface area contributed by atoms with Gasteiger partial charge < -0.3 is 10.0 Å². The molecule has 7 heteroatoms. The van der Waals surface area contributed by atoms with Gasteiger partial charge in [-0.05, 0) is 18.2 Å². The van der Waals surface area contributed by atoms with Gasteiger partial charge in [-0.25, -0.2) is 0 Å². The van der Waals surface area contributed by atoms with E-state index in [0.29, 0.717) is 4.90 Å². The van der Waals surface area contributed by atoms with Crippen molar-refractivity contribution in [2.24, 2.45) is 0 Å². The standard InChI is InChI=1S/C11H11ClF3NO2/c12-9-3-1-2-8(6-9)10(18)16(4-5-17)7-11(13,14)15/h1-3,6,17H,4-5,7H2. The fourth-order valence-electron chi connectivity index (χ4n) is 1.39. The maximum Gasteiger partial charge on any atom is 0.406 e. The molecule has 3 nitrogen and oxygen atoms in total. The van der Waals surface area contributed by atoms with Gasteiger partial charge in [-0.15, -0.1) is 0 Å². The smallest absolute Gasteiger partial charge is 0.395 e. The Labute approximate surface area is 107 Å². The van der Waals surface area contributed by atoms with Gasteiger partial charge in [0.1, 0.15) is 6.54 Å². The summed E-state index contributed by atoms with van der Waals surface area (Å²) in [7, 11) is 0. The minimum atomic E-state index is -4.51. The molecule has 0 radical (unpaired) electrons. The van der Waals surface area contributed by atoms with Gasteiger partial charge in [0.05, 0.1) is 6.61 Å². The molecule has 0 aliphatic carbocycles. The van der Waals surface area contributed by atoms with Crippen molar-refractivity contribution in [1.29, 1.82) is 0 Å². The molecule has 0 fully saturated rings. The second kappa shape index (κ2) is 6.06. The van der Waals surface area contributed by atoms with Crippen LogP contribution < -0.4 is 0 Å². The minimum Gasteiger partial charge on any atom is -0.395 e. The van der Waals surface area contributed by atoms with Crippen molar-refractivity contribution in [3.05, 3.63) is 34.9 Å². The number of carbonyl (C=O) groups excluding carboxylic acids is 1. The van der Waals surface area contributed by atoms with Gasteiger partial charge in [0, 0.05) is 17.1 Å². The van der Waals surface area contributed by atoms with E-state index < -0.39 is 25.2 Å². The van der Waals surface area contributed by atoms with Crippen molar-refractivity contribution >= 4 is 17.5 Å². The average Bonchev–Trinajstić information content (AvgIpc) is 2.26. The lowest BCUT2D eigenvalue weighted by Crippen LogP contribution is -2.40. The normalized spacial score (nSPS) is 11.4. The van der Waals surface area contributed by atoms with Crippen LogP contribution in [-0.4, -0.2) is 41.8 Å². The zero-order valence-corrected chi connectivity index (χ0v) is 10.0. The summed E-state index contributed by atoms with van der Waals surface area (Å²) >= 11 is 5.66. The van der Waals surface area contributed by atoms with E-state index in [1.807, 2.05) is 0 Å². The Morgan fingerprint density at radius 2 is 2.06 bits per heavy atom. The molecule has 1 amide bonds. The quantitative estimate of drug-likeness (QED) is 0.920. The largest absolute Gasteiger partial charge is 0.406 e. The molecule has 1 N–H and O–H groups in total. The summed E-state index contributed by atoms with van der Waals surface area (Å²) in [6, 6.07) is 5.64. The van der Waals surface area contributed by atoms with Crippen molar-refractivity contribution < 1.29 is 23.1 Å². The zero-order chi connectivity index (χ0) is 13.8. The number of halogens is 4. The highest BCUT2D eigenvalue weighted by Gasteiger charge is 2.33. The van der Waals surface area contributed by atoms with E-state index in [4.69, 9.17) is 16.7 Å². The van der Waals surface area contributed by atoms with Crippen LogP contribution in [0.4, 0.5) is 13.2 Å². The molecule has 1 rings (SSSR count). The number of nitrogens with zero attached hydrogens (tertiary/aromatic N) is 1. The second-order valence-electron chi connectivity index (χ2n) is 3.58. The fourth-order valence-corrected chi connectivity index (χ4v) is 1.58. The molecule has 0 saturated carbocycles. The highest BCUT2D eigenvalue weighted by Crippen LogP contribution is 2.19. The number of amides is 1. The van der Waals surface area contributed by atoms with E-state index in [2.05, 4.69) is 0 Å². The molecule has 0 saturated heterocycles. The van der Waals surface area contributed by atoms with Gasteiger partial charge in [0.25, 0.3) is 5.91 Å². The SMILES string of the molecule is O=C(c1cccc(Cl)c1)N(CCO)CC(F)(F)F. The molecular weight excluding hydrogens is 271 g/mol. The van der Waals surface area contributed by atoms with Crippen LogP contribution in [0.3, 0.4) is 0 Å². The Bertz CT molecular complexity index is 423. The van der Waals surface area contributed by atoms with Gasteiger partial charge in [0.2, 0.25) is 0 Å². The predicted molar refractivity (Wildman–Crippen MR) is 60.5 cm³/mol. The van der Waals surface area contributed by atoms with Crippen molar-refractivity contribution in [3.63, 3.8) is 0 Å². The first kappa shape index (κ1) is 14.8. The third-order valence-electron chi connectivity index (χ3n) is 2.10. The molecule has 0 aliphatic heterocycles. The van der Waals surface area contributed by atoms with Gasteiger partial charge in [-0.1, -0.05) is 17.7 Å². The number of aliphatic hydroxyl groups excluding tert-OH is 1. The molecule has 0 aliphatic rings. The van der Waals surface area contributed by atoms with E-state index in [9.17, 15) is 18.0 Å². The third kappa shape index (κ3) is 4.54. The second-order valence-corrected chi connectivity index (χ2v) is 4.01. The van der Waals surface area contributed by atoms with E-state index >= 15 is 0 Å². The van der Waals surface area contributed by atoms with Crippen molar-refractivity contribution in [2.45, 2.75) is 6.18 Å². The number of carbonyl (C=O) groups is 1. The summed E-state index contributed by atoms with van der Waals surface area (Å²) in [5.74, 6) is -0.816. The minimum absolute atomic E-state index is 0.0557. The molecule has 0 bridgehead atoms. The van der Waals surface area contributed by atoms with E-state index in [1.54, 1.807) is 0 Å². The summed E-state index contributed by atoms with van der Waals surface area (Å²) < 4.78 is 36.8. The first-order valence-corrected chi connectivity index (χ1v) is 5.44. The summed E-state index contributed by atoms with van der Waals surface area (Å²) in [4.78, 5) is 12.4. The summed E-state index contributed by atoms with van der Waals surface area (Å²) in [6.45, 7) is -2.33. The van der Waals surface area contributed by atoms with Crippen LogP contribution in [0.2, 0.25) is 5.02 Å². The van der Waals surface area contributed by atoms with Crippen LogP contribution in [0.15, 0.2) is 24.3 Å². The molecule has 100 valence electrons. The number of hydrogen-bond acceptors (Lipinski definition) is 2. The number of alkyl halides is 3. The number of benzene rings is 1. The Morgan fingerprint density at radius 3 is 2.56 bits per heavy atom. The summed E-state index contributed by atoms with van der Waals surface area (Å²) in [6.07, 6.45) is -4.51. The number of rotatable bonds is 4. The van der Waals surface area contributed by atoms with Crippen LogP contribution in [0.1, 0.15) is 10.4 Å². The van der Waals surface area contributed by atoms with Crippen LogP contribution >= 0.6 is 11.6 Å². The van der Waals surface area contributed by atoms with Crippen LogP contribution in [0.5, 0.6) is 0 Å². The maximum atomic E-state index is 12.3. The van der Waals surface area contributed by atoms with E-state index in [-0.39, 0.29) is 17.1 Å². The van der Waals surface area contributed by atoms with Crippen LogP contribution in [0.25, 0.3) is 0 Å². The predicted octanol–water partition coefficient (Wildman–Crippen LogP) is 2.34. The molecule has 0 unspecified atom stereocenters. The molecular formula is C11H11ClF3NO2. The molecule has 18 heavy (non-hydrogen) atoms. The first-order valence-electron chi connectivity index (χ1n) is 5.06. The van der Waals surface area contributed by atoms with Crippen LogP contribution in [0, 0.1) is 0 Å². The Hall–Kier alpha value is -1.27. The lowest BCUT2D eigenvalue weighted by molar-refractivity contribution is -0.141. The molecule has 0 heterocycles. The summed E-state index contributed by atoms with van der Waals surface area (Å²) in [5.41, 5.74) is 0.0557. The van der Waals surface area contributed by atoms with Gasteiger partial charge in [-0.2, -0.15) is 13.2 Å². The first-order chi connectivity index (χ1) is 8.33. The monoisotopic (exact) mass is 281 g/mol. The topological polar surface area (TPSA) is 40.5 Å². The van der Waals surface area contributed by atoms with Crippen molar-refractivity contribution in [3.8, 4) is 0 Å². The third-order valence-corrected chi connectivity index (χ3v) is 2.33. The van der Waals surface area contributed by atoms with Gasteiger partial charge in [0.15, 0.2) is 0 Å². The van der Waals surface area contributed by atoms with Crippen LogP contribution in [-0.2, 0) is 0 Å². The Morgan fingerprint density at radius 1 is 1.39 bits per heavy atom. The fraction of sp³-hybridized carbons (Fsp3) is 0.364. The summed E-state index contributed by atoms with van der Waals surface area (Å²) in [5, 5.41) is 8.96. The number of hydrogen-bond donors (Lipinski definition) is 1. The maximum absolute atomic E-state index is 12.3. The van der Waals surface area contributed by atoms with Crippen molar-refractivity contribution in [1.82, 2.24) is 4.90 Å². The molecule has 0 spiro atoms. The molecule has 0 aromatic heterocycles. The van der Waals surface area contributed by atoms with Crippen molar-refractivity contribution in [2.75, 3.05) is 19.7 Å². The Balaban J connectivity index is 2.89. The zero-order valence-electron chi connectivity index (χ0n) is 9.25. The van der Waals surface area contributed by atoms with E-state index in [0.717, 1.165) is 0 Å². The average molecular weight is 282 g/mol. The highest BCUT2D eigenvalue weighted by molar-refractivity contribution is 6.30. The Kier molecular flexibility index (Phi) is 4.98. The van der Waals surface area contributed by atoms with E-state index in [1.165, 1.54) is 24.3 Å².